The summed E-state index contributed by atoms with van der Waals surface area (Å²) in [4.78, 5) is 12.6. The number of allylic oxidation sites excluding steroid dienone is 7. The lowest BCUT2D eigenvalue weighted by Crippen LogP contribution is -2.48. The second kappa shape index (κ2) is 56.9. The summed E-state index contributed by atoms with van der Waals surface area (Å²) in [6.45, 7) is 4.20. The monoisotopic (exact) mass is 940 g/mol. The van der Waals surface area contributed by atoms with Crippen LogP contribution in [0.25, 0.3) is 0 Å². The van der Waals surface area contributed by atoms with Crippen LogP contribution in [0, 0.1) is 0 Å². The van der Waals surface area contributed by atoms with Crippen LogP contribution >= 0.6 is 0 Å². The molecule has 0 heterocycles. The number of hydrogen-bond acceptors (Lipinski definition) is 4. The summed E-state index contributed by atoms with van der Waals surface area (Å²) < 4.78 is 0. The molecule has 0 aliphatic carbocycles. The van der Waals surface area contributed by atoms with Crippen LogP contribution in [0.5, 0.6) is 0 Å². The standard InChI is InChI=1S/C62H117NO4/c1-3-5-7-9-11-13-15-17-19-21-23-25-27-29-30-31-33-35-37-39-41-43-45-47-49-51-53-55-57-61(66)62(67)63-59(58-64)60(65)56-54-52-50-48-46-44-42-40-38-36-34-32-28-26-24-22-20-18-16-14-12-10-8-6-4-2/h29-30,38,40,46,48,54,56,59-61,64-66H,3-28,31-37,39,41-45,47,49-53,55,57-58H2,1-2H3,(H,63,67)/b30-29-,40-38+,48-46+,56-54+. The van der Waals surface area contributed by atoms with Crippen molar-refractivity contribution >= 4 is 5.91 Å². The van der Waals surface area contributed by atoms with Crippen molar-refractivity contribution in [3.05, 3.63) is 48.6 Å². The third-order valence-electron chi connectivity index (χ3n) is 13.9. The minimum Gasteiger partial charge on any atom is -0.394 e. The molecule has 394 valence electrons. The quantitative estimate of drug-likeness (QED) is 0.0361. The number of amides is 1. The fourth-order valence-corrected chi connectivity index (χ4v) is 9.22. The molecule has 0 fully saturated rings. The molecule has 0 radical (unpaired) electrons. The number of carbonyl (C=O) groups excluding carboxylic acids is 1. The van der Waals surface area contributed by atoms with Crippen molar-refractivity contribution in [1.29, 1.82) is 0 Å². The van der Waals surface area contributed by atoms with Gasteiger partial charge in [0.25, 0.3) is 0 Å². The van der Waals surface area contributed by atoms with Crippen molar-refractivity contribution in [3.8, 4) is 0 Å². The van der Waals surface area contributed by atoms with Crippen LogP contribution in [0.1, 0.15) is 316 Å². The summed E-state index contributed by atoms with van der Waals surface area (Å²) in [5, 5.41) is 33.4. The SMILES string of the molecule is CCCCCCCCCCCCCC/C=C\CCCCCCCCCCCCCCC(O)C(=O)NC(CO)C(O)/C=C/CC/C=C/CC/C=C/CCCCCCCCCCCCCCCCC. The van der Waals surface area contributed by atoms with Gasteiger partial charge >= 0.3 is 0 Å². The average molecular weight is 941 g/mol. The van der Waals surface area contributed by atoms with Gasteiger partial charge in [-0.2, -0.15) is 0 Å². The van der Waals surface area contributed by atoms with E-state index in [0.29, 0.717) is 6.42 Å². The van der Waals surface area contributed by atoms with Gasteiger partial charge in [0, 0.05) is 0 Å². The Labute approximate surface area is 418 Å². The highest BCUT2D eigenvalue weighted by molar-refractivity contribution is 5.80. The lowest BCUT2D eigenvalue weighted by molar-refractivity contribution is -0.131. The molecule has 0 aromatic carbocycles. The first-order valence-electron chi connectivity index (χ1n) is 30.0. The van der Waals surface area contributed by atoms with E-state index in [1.54, 1.807) is 6.08 Å². The normalized spacial score (nSPS) is 13.6. The van der Waals surface area contributed by atoms with Gasteiger partial charge in [0.05, 0.1) is 18.8 Å². The van der Waals surface area contributed by atoms with Gasteiger partial charge in [-0.15, -0.1) is 0 Å². The number of nitrogens with one attached hydrogen (secondary N) is 1. The number of hydrogen-bond donors (Lipinski definition) is 4. The van der Waals surface area contributed by atoms with E-state index in [-0.39, 0.29) is 6.61 Å². The average Bonchev–Trinajstić information content (AvgIpc) is 3.33. The van der Waals surface area contributed by atoms with Gasteiger partial charge in [0.15, 0.2) is 0 Å². The molecule has 0 aromatic heterocycles. The van der Waals surface area contributed by atoms with Crippen LogP contribution < -0.4 is 5.32 Å². The Morgan fingerprint density at radius 1 is 0.358 bits per heavy atom. The second-order valence-corrected chi connectivity index (χ2v) is 20.5. The smallest absolute Gasteiger partial charge is 0.249 e. The highest BCUT2D eigenvalue weighted by Gasteiger charge is 2.22. The summed E-state index contributed by atoms with van der Waals surface area (Å²) in [5.74, 6) is -0.514. The molecule has 0 aliphatic heterocycles. The first-order valence-corrected chi connectivity index (χ1v) is 30.0. The van der Waals surface area contributed by atoms with E-state index in [4.69, 9.17) is 0 Å². The zero-order chi connectivity index (χ0) is 48.6. The Morgan fingerprint density at radius 3 is 0.910 bits per heavy atom. The van der Waals surface area contributed by atoms with E-state index < -0.39 is 24.2 Å². The van der Waals surface area contributed by atoms with Crippen molar-refractivity contribution in [2.45, 2.75) is 334 Å². The number of aliphatic hydroxyl groups is 3. The Bertz CT molecular complexity index is 1080. The molecule has 5 nitrogen and oxygen atoms in total. The molecule has 67 heavy (non-hydrogen) atoms. The van der Waals surface area contributed by atoms with Crippen LogP contribution in [0.3, 0.4) is 0 Å². The van der Waals surface area contributed by atoms with Gasteiger partial charge in [0.2, 0.25) is 5.91 Å². The summed E-state index contributed by atoms with van der Waals surface area (Å²) in [6, 6.07) is -0.823. The van der Waals surface area contributed by atoms with Gasteiger partial charge in [-0.05, 0) is 70.6 Å². The molecule has 0 saturated heterocycles. The first kappa shape index (κ1) is 65.3. The predicted molar refractivity (Wildman–Crippen MR) is 296 cm³/mol. The van der Waals surface area contributed by atoms with E-state index >= 15 is 0 Å². The summed E-state index contributed by atoms with van der Waals surface area (Å²) in [6.07, 6.45) is 76.4. The Hall–Kier alpha value is -1.69. The molecule has 0 saturated carbocycles. The van der Waals surface area contributed by atoms with Crippen molar-refractivity contribution in [2.75, 3.05) is 6.61 Å². The molecule has 0 spiro atoms. The molecule has 5 heteroatoms. The van der Waals surface area contributed by atoms with E-state index in [0.717, 1.165) is 44.9 Å². The van der Waals surface area contributed by atoms with Crippen molar-refractivity contribution in [2.24, 2.45) is 0 Å². The van der Waals surface area contributed by atoms with Gasteiger partial charge in [-0.25, -0.2) is 0 Å². The molecule has 3 unspecified atom stereocenters. The van der Waals surface area contributed by atoms with Gasteiger partial charge in [0.1, 0.15) is 6.10 Å². The summed E-state index contributed by atoms with van der Waals surface area (Å²) in [7, 11) is 0. The third-order valence-corrected chi connectivity index (χ3v) is 13.9. The van der Waals surface area contributed by atoms with E-state index in [9.17, 15) is 20.1 Å². The maximum absolute atomic E-state index is 12.6. The third kappa shape index (κ3) is 52.0. The van der Waals surface area contributed by atoms with Crippen LogP contribution in [-0.4, -0.2) is 46.1 Å². The number of rotatable bonds is 55. The van der Waals surface area contributed by atoms with Crippen molar-refractivity contribution in [3.63, 3.8) is 0 Å². The second-order valence-electron chi connectivity index (χ2n) is 20.5. The van der Waals surface area contributed by atoms with E-state index in [1.165, 1.54) is 250 Å². The van der Waals surface area contributed by atoms with Gasteiger partial charge in [-0.1, -0.05) is 294 Å². The van der Waals surface area contributed by atoms with Crippen LogP contribution in [-0.2, 0) is 4.79 Å². The maximum atomic E-state index is 12.6. The molecule has 0 bridgehead atoms. The fourth-order valence-electron chi connectivity index (χ4n) is 9.22. The summed E-state index contributed by atoms with van der Waals surface area (Å²) >= 11 is 0. The molecular weight excluding hydrogens is 823 g/mol. The van der Waals surface area contributed by atoms with E-state index in [2.05, 4.69) is 55.6 Å². The van der Waals surface area contributed by atoms with Crippen LogP contribution in [0.2, 0.25) is 0 Å². The Balaban J connectivity index is 3.61. The van der Waals surface area contributed by atoms with Crippen LogP contribution in [0.15, 0.2) is 48.6 Å². The maximum Gasteiger partial charge on any atom is 0.249 e. The lowest BCUT2D eigenvalue weighted by atomic mass is 10.0. The zero-order valence-corrected chi connectivity index (χ0v) is 45.0. The predicted octanol–water partition coefficient (Wildman–Crippen LogP) is 18.8. The molecule has 0 aliphatic rings. The lowest BCUT2D eigenvalue weighted by Gasteiger charge is -2.21. The molecule has 0 aromatic rings. The highest BCUT2D eigenvalue weighted by Crippen LogP contribution is 2.17. The molecule has 0 rings (SSSR count). The van der Waals surface area contributed by atoms with Gasteiger partial charge < -0.3 is 20.6 Å². The number of aliphatic hydroxyl groups excluding tert-OH is 3. The topological polar surface area (TPSA) is 89.8 Å². The van der Waals surface area contributed by atoms with E-state index in [1.807, 2.05) is 6.08 Å². The van der Waals surface area contributed by atoms with Gasteiger partial charge in [-0.3, -0.25) is 4.79 Å². The fraction of sp³-hybridized carbons (Fsp3) is 0.855. The number of carbonyl (C=O) groups is 1. The first-order chi connectivity index (χ1) is 33.1. The molecule has 1 amide bonds. The molecular formula is C62H117NO4. The Morgan fingerprint density at radius 2 is 0.612 bits per heavy atom. The minimum atomic E-state index is -1.11. The largest absolute Gasteiger partial charge is 0.394 e. The zero-order valence-electron chi connectivity index (χ0n) is 45.0. The van der Waals surface area contributed by atoms with Crippen LogP contribution in [0.4, 0.5) is 0 Å². The number of unbranched alkanes of at least 4 members (excludes halogenated alkanes) is 41. The summed E-state index contributed by atoms with van der Waals surface area (Å²) in [5.41, 5.74) is 0. The molecule has 3 atom stereocenters. The Kier molecular flexibility index (Phi) is 55.5. The molecule has 4 N–H and O–H groups in total. The highest BCUT2D eigenvalue weighted by atomic mass is 16.3. The van der Waals surface area contributed by atoms with Crippen molar-refractivity contribution in [1.82, 2.24) is 5.32 Å². The minimum absolute atomic E-state index is 0.381. The van der Waals surface area contributed by atoms with Crippen molar-refractivity contribution < 1.29 is 20.1 Å².